The molecule has 0 bridgehead atoms. The number of nitrogens with zero attached hydrogens (tertiary/aromatic N) is 2. The van der Waals surface area contributed by atoms with Gasteiger partial charge in [0.2, 0.25) is 0 Å². The van der Waals surface area contributed by atoms with Crippen LogP contribution in [0.3, 0.4) is 0 Å². The van der Waals surface area contributed by atoms with Gasteiger partial charge in [-0.2, -0.15) is 0 Å². The van der Waals surface area contributed by atoms with Gasteiger partial charge in [0.1, 0.15) is 0 Å². The molecule has 90 valence electrons. The fourth-order valence-electron chi connectivity index (χ4n) is 1.13. The molecule has 3 N–H and O–H groups in total. The van der Waals surface area contributed by atoms with Gasteiger partial charge in [-0.05, 0) is 13.6 Å². The van der Waals surface area contributed by atoms with E-state index in [0.717, 1.165) is 19.2 Å². The van der Waals surface area contributed by atoms with Crippen molar-refractivity contribution in [2.75, 3.05) is 37.7 Å². The van der Waals surface area contributed by atoms with Crippen LogP contribution in [0, 0.1) is 11.6 Å². The first-order chi connectivity index (χ1) is 7.54. The van der Waals surface area contributed by atoms with Gasteiger partial charge < -0.3 is 16.0 Å². The Balaban J connectivity index is 2.57. The molecule has 0 saturated carbocycles. The van der Waals surface area contributed by atoms with E-state index in [1.54, 1.807) is 0 Å². The topological polar surface area (TPSA) is 54.2 Å². The van der Waals surface area contributed by atoms with Crippen molar-refractivity contribution >= 4 is 11.6 Å². The number of nitrogens with one attached hydrogen (secondary N) is 1. The molecule has 0 spiro atoms. The molecule has 0 amide bonds. The molecule has 0 radical (unpaired) electrons. The number of halogens is 2. The molecule has 1 aromatic heterocycles. The van der Waals surface area contributed by atoms with Crippen LogP contribution in [0.4, 0.5) is 20.4 Å². The molecular weight excluding hydrogens is 214 g/mol. The first-order valence-electron chi connectivity index (χ1n) is 5.08. The Bertz CT molecular complexity index is 357. The molecular formula is C10H16F2N4. The molecule has 1 rings (SSSR count). The van der Waals surface area contributed by atoms with E-state index in [1.807, 2.05) is 14.0 Å². The van der Waals surface area contributed by atoms with Crippen molar-refractivity contribution in [2.24, 2.45) is 0 Å². The highest BCUT2D eigenvalue weighted by atomic mass is 19.1. The number of aromatic nitrogens is 1. The van der Waals surface area contributed by atoms with Crippen molar-refractivity contribution in [2.45, 2.75) is 6.92 Å². The zero-order valence-electron chi connectivity index (χ0n) is 9.43. The van der Waals surface area contributed by atoms with Gasteiger partial charge in [-0.15, -0.1) is 0 Å². The highest BCUT2D eigenvalue weighted by molar-refractivity contribution is 5.44. The lowest BCUT2D eigenvalue weighted by atomic mass is 10.4. The van der Waals surface area contributed by atoms with E-state index in [2.05, 4.69) is 15.2 Å². The zero-order valence-corrected chi connectivity index (χ0v) is 9.43. The molecule has 0 fully saturated rings. The zero-order chi connectivity index (χ0) is 12.1. The van der Waals surface area contributed by atoms with Crippen LogP contribution in [0.5, 0.6) is 0 Å². The summed E-state index contributed by atoms with van der Waals surface area (Å²) in [5.41, 5.74) is 5.24. The first-order valence-corrected chi connectivity index (χ1v) is 5.08. The maximum Gasteiger partial charge on any atom is 0.168 e. The fraction of sp³-hybridized carbons (Fsp3) is 0.500. The second-order valence-corrected chi connectivity index (χ2v) is 3.51. The van der Waals surface area contributed by atoms with Crippen LogP contribution < -0.4 is 11.1 Å². The molecule has 16 heavy (non-hydrogen) atoms. The fourth-order valence-corrected chi connectivity index (χ4v) is 1.13. The number of nitrogen functional groups attached to an aromatic ring is 1. The summed E-state index contributed by atoms with van der Waals surface area (Å²) in [4.78, 5) is 5.65. The largest absolute Gasteiger partial charge is 0.381 e. The lowest BCUT2D eigenvalue weighted by Gasteiger charge is -2.14. The third kappa shape index (κ3) is 3.30. The van der Waals surface area contributed by atoms with Gasteiger partial charge in [-0.1, -0.05) is 6.92 Å². The minimum absolute atomic E-state index is 0.0107. The molecule has 0 aliphatic rings. The minimum Gasteiger partial charge on any atom is -0.381 e. The second kappa shape index (κ2) is 5.60. The second-order valence-electron chi connectivity index (χ2n) is 3.51. The van der Waals surface area contributed by atoms with Gasteiger partial charge in [0.25, 0.3) is 0 Å². The number of rotatable bonds is 5. The Morgan fingerprint density at radius 3 is 2.75 bits per heavy atom. The minimum atomic E-state index is -0.839. The predicted octanol–water partition coefficient (Wildman–Crippen LogP) is 1.31. The third-order valence-electron chi connectivity index (χ3n) is 2.28. The summed E-state index contributed by atoms with van der Waals surface area (Å²) in [6.45, 7) is 4.20. The number of anilines is 2. The molecule has 0 atom stereocenters. The van der Waals surface area contributed by atoms with E-state index < -0.39 is 11.6 Å². The van der Waals surface area contributed by atoms with Crippen LogP contribution in [0.1, 0.15) is 6.92 Å². The van der Waals surface area contributed by atoms with Gasteiger partial charge in [0, 0.05) is 19.2 Å². The van der Waals surface area contributed by atoms with E-state index >= 15 is 0 Å². The predicted molar refractivity (Wildman–Crippen MR) is 60.2 cm³/mol. The van der Waals surface area contributed by atoms with Gasteiger partial charge in [-0.3, -0.25) is 0 Å². The Hall–Kier alpha value is -1.43. The molecule has 0 saturated heterocycles. The monoisotopic (exact) mass is 230 g/mol. The average Bonchev–Trinajstić information content (AvgIpc) is 2.25. The van der Waals surface area contributed by atoms with Gasteiger partial charge in [0.05, 0.1) is 0 Å². The quantitative estimate of drug-likeness (QED) is 0.800. The van der Waals surface area contributed by atoms with Gasteiger partial charge >= 0.3 is 0 Å². The third-order valence-corrected chi connectivity index (χ3v) is 2.28. The Morgan fingerprint density at radius 1 is 1.44 bits per heavy atom. The van der Waals surface area contributed by atoms with Gasteiger partial charge in [-0.25, -0.2) is 13.8 Å². The lowest BCUT2D eigenvalue weighted by Crippen LogP contribution is -2.25. The van der Waals surface area contributed by atoms with Gasteiger partial charge in [0.15, 0.2) is 23.3 Å². The summed E-state index contributed by atoms with van der Waals surface area (Å²) in [5.74, 6) is -1.88. The van der Waals surface area contributed by atoms with E-state index in [-0.39, 0.29) is 11.6 Å². The lowest BCUT2D eigenvalue weighted by molar-refractivity contribution is 0.366. The number of nitrogens with two attached hydrogens (primary N) is 1. The van der Waals surface area contributed by atoms with Crippen LogP contribution >= 0.6 is 0 Å². The Labute approximate surface area is 93.5 Å². The Kier molecular flexibility index (Phi) is 4.42. The molecule has 0 unspecified atom stereocenters. The van der Waals surface area contributed by atoms with Crippen LogP contribution in [0.2, 0.25) is 0 Å². The number of hydrogen-bond donors (Lipinski definition) is 2. The van der Waals surface area contributed by atoms with Crippen LogP contribution in [-0.4, -0.2) is 36.6 Å². The average molecular weight is 230 g/mol. The van der Waals surface area contributed by atoms with Crippen molar-refractivity contribution in [1.82, 2.24) is 9.88 Å². The molecule has 6 heteroatoms. The van der Waals surface area contributed by atoms with Crippen LogP contribution in [-0.2, 0) is 0 Å². The van der Waals surface area contributed by atoms with Crippen molar-refractivity contribution in [3.63, 3.8) is 0 Å². The summed E-state index contributed by atoms with van der Waals surface area (Å²) in [6, 6.07) is 0.730. The number of hydrogen-bond acceptors (Lipinski definition) is 4. The smallest absolute Gasteiger partial charge is 0.168 e. The Morgan fingerprint density at radius 2 is 2.12 bits per heavy atom. The summed E-state index contributed by atoms with van der Waals surface area (Å²) >= 11 is 0. The van der Waals surface area contributed by atoms with Crippen molar-refractivity contribution in [3.05, 3.63) is 17.7 Å². The normalized spacial score (nSPS) is 10.8. The standard InChI is InChI=1S/C10H16F2N4/c1-3-16(2)5-4-14-10-8(12)6-7(11)9(13)15-10/h6H,3-5H2,1-2H3,(H3,13,14,15). The SMILES string of the molecule is CCN(C)CCNc1nc(N)c(F)cc1F. The maximum atomic E-state index is 13.2. The summed E-state index contributed by atoms with van der Waals surface area (Å²) < 4.78 is 26.0. The van der Waals surface area contributed by atoms with Crippen LogP contribution in [0.25, 0.3) is 0 Å². The first kappa shape index (κ1) is 12.6. The van der Waals surface area contributed by atoms with Crippen molar-refractivity contribution in [3.8, 4) is 0 Å². The molecule has 0 aliphatic carbocycles. The number of pyridine rings is 1. The van der Waals surface area contributed by atoms with E-state index in [1.165, 1.54) is 0 Å². The summed E-state index contributed by atoms with van der Waals surface area (Å²) in [5, 5.41) is 2.77. The maximum absolute atomic E-state index is 13.2. The summed E-state index contributed by atoms with van der Waals surface area (Å²) in [6.07, 6.45) is 0. The molecule has 1 heterocycles. The van der Waals surface area contributed by atoms with Crippen molar-refractivity contribution in [1.29, 1.82) is 0 Å². The van der Waals surface area contributed by atoms with E-state index in [0.29, 0.717) is 6.54 Å². The van der Waals surface area contributed by atoms with E-state index in [4.69, 9.17) is 5.73 Å². The highest BCUT2D eigenvalue weighted by Gasteiger charge is 2.08. The van der Waals surface area contributed by atoms with Crippen molar-refractivity contribution < 1.29 is 8.78 Å². The number of likely N-dealkylation sites (N-methyl/N-ethyl adjacent to an activating group) is 1. The molecule has 0 aliphatic heterocycles. The molecule has 4 nitrogen and oxygen atoms in total. The summed E-state index contributed by atoms with van der Waals surface area (Å²) in [7, 11) is 1.95. The van der Waals surface area contributed by atoms with E-state index in [9.17, 15) is 8.78 Å². The molecule has 0 aromatic carbocycles. The molecule has 1 aromatic rings. The highest BCUT2D eigenvalue weighted by Crippen LogP contribution is 2.15. The van der Waals surface area contributed by atoms with Crippen LogP contribution in [0.15, 0.2) is 6.07 Å².